The van der Waals surface area contributed by atoms with Gasteiger partial charge < -0.3 is 5.32 Å². The zero-order valence-electron chi connectivity index (χ0n) is 13.1. The van der Waals surface area contributed by atoms with E-state index in [1.807, 2.05) is 58.6 Å². The van der Waals surface area contributed by atoms with Gasteiger partial charge in [-0.2, -0.15) is 0 Å². The molecule has 2 aromatic heterocycles. The number of imidazole rings is 1. The normalized spacial score (nSPS) is 10.9. The number of fused-ring (bicyclic) bond motifs is 1. The molecule has 1 N–H and O–H groups in total. The van der Waals surface area contributed by atoms with E-state index in [0.717, 1.165) is 27.5 Å². The summed E-state index contributed by atoms with van der Waals surface area (Å²) in [5, 5.41) is 5.64. The summed E-state index contributed by atoms with van der Waals surface area (Å²) in [5.41, 5.74) is 3.42. The van der Waals surface area contributed by atoms with Gasteiger partial charge in [0, 0.05) is 28.4 Å². The molecule has 0 radical (unpaired) electrons. The Kier molecular flexibility index (Phi) is 4.26. The van der Waals surface area contributed by atoms with Crippen molar-refractivity contribution in [2.75, 3.05) is 5.32 Å². The van der Waals surface area contributed by atoms with E-state index >= 15 is 0 Å². The van der Waals surface area contributed by atoms with Crippen LogP contribution in [0.15, 0.2) is 66.3 Å². The third-order valence-corrected chi connectivity index (χ3v) is 4.87. The van der Waals surface area contributed by atoms with Crippen molar-refractivity contribution in [3.05, 3.63) is 76.9 Å². The summed E-state index contributed by atoms with van der Waals surface area (Å²) in [6.07, 6.45) is 4.23. The second-order valence-corrected chi connectivity index (χ2v) is 6.93. The van der Waals surface area contributed by atoms with Crippen LogP contribution in [0.25, 0.3) is 16.2 Å². The van der Waals surface area contributed by atoms with Crippen molar-refractivity contribution in [2.45, 2.75) is 6.42 Å². The van der Waals surface area contributed by atoms with E-state index in [2.05, 4.69) is 10.3 Å². The molecule has 0 saturated carbocycles. The molecule has 0 aliphatic heterocycles. The Balaban J connectivity index is 1.57. The molecule has 4 rings (SSSR count). The molecule has 124 valence electrons. The maximum Gasteiger partial charge on any atom is 0.228 e. The number of rotatable bonds is 4. The largest absolute Gasteiger partial charge is 0.325 e. The van der Waals surface area contributed by atoms with Crippen LogP contribution in [-0.2, 0) is 11.2 Å². The highest BCUT2D eigenvalue weighted by atomic mass is 35.5. The van der Waals surface area contributed by atoms with Gasteiger partial charge in [0.2, 0.25) is 5.91 Å². The van der Waals surface area contributed by atoms with Gasteiger partial charge in [-0.05, 0) is 23.8 Å². The van der Waals surface area contributed by atoms with E-state index in [1.54, 1.807) is 23.5 Å². The number of para-hydroxylation sites is 1. The van der Waals surface area contributed by atoms with E-state index in [1.165, 1.54) is 0 Å². The summed E-state index contributed by atoms with van der Waals surface area (Å²) >= 11 is 7.46. The highest BCUT2D eigenvalue weighted by Crippen LogP contribution is 2.28. The number of halogens is 1. The predicted molar refractivity (Wildman–Crippen MR) is 102 cm³/mol. The highest BCUT2D eigenvalue weighted by Gasteiger charge is 2.12. The van der Waals surface area contributed by atoms with Crippen LogP contribution in [0.4, 0.5) is 5.69 Å². The van der Waals surface area contributed by atoms with Gasteiger partial charge in [0.25, 0.3) is 0 Å². The third-order valence-electron chi connectivity index (χ3n) is 3.85. The molecule has 0 aliphatic rings. The fourth-order valence-electron chi connectivity index (χ4n) is 2.65. The van der Waals surface area contributed by atoms with Crippen LogP contribution in [0.3, 0.4) is 0 Å². The number of benzene rings is 2. The molecule has 2 aromatic carbocycles. The maximum absolute atomic E-state index is 12.4. The van der Waals surface area contributed by atoms with Crippen LogP contribution in [0, 0.1) is 0 Å². The topological polar surface area (TPSA) is 46.4 Å². The maximum atomic E-state index is 12.4. The van der Waals surface area contributed by atoms with Crippen molar-refractivity contribution in [1.29, 1.82) is 0 Å². The molecule has 4 nitrogen and oxygen atoms in total. The van der Waals surface area contributed by atoms with Gasteiger partial charge >= 0.3 is 0 Å². The van der Waals surface area contributed by atoms with Crippen molar-refractivity contribution in [2.24, 2.45) is 0 Å². The lowest BCUT2D eigenvalue weighted by Gasteiger charge is -2.09. The number of anilines is 1. The number of thiazole rings is 1. The molecule has 0 spiro atoms. The lowest BCUT2D eigenvalue weighted by Crippen LogP contribution is -2.15. The summed E-state index contributed by atoms with van der Waals surface area (Å²) in [5.74, 6) is -0.0733. The number of carbonyl (C=O) groups is 1. The molecular formula is C19H14ClN3OS. The quantitative estimate of drug-likeness (QED) is 0.557. The lowest BCUT2D eigenvalue weighted by molar-refractivity contribution is -0.115. The van der Waals surface area contributed by atoms with E-state index < -0.39 is 0 Å². The number of hydrogen-bond donors (Lipinski definition) is 1. The van der Waals surface area contributed by atoms with Gasteiger partial charge in [-0.1, -0.05) is 41.9 Å². The second-order valence-electron chi connectivity index (χ2n) is 5.62. The van der Waals surface area contributed by atoms with Crippen LogP contribution in [0.1, 0.15) is 5.56 Å². The Morgan fingerprint density at radius 2 is 1.96 bits per heavy atom. The first-order chi connectivity index (χ1) is 12.2. The molecule has 0 unspecified atom stereocenters. The van der Waals surface area contributed by atoms with Crippen LogP contribution in [-0.4, -0.2) is 15.3 Å². The number of carbonyl (C=O) groups excluding carboxylic acids is 1. The average molecular weight is 368 g/mol. The number of nitrogens with one attached hydrogen (secondary N) is 1. The molecule has 0 saturated heterocycles. The highest BCUT2D eigenvalue weighted by molar-refractivity contribution is 7.15. The molecule has 0 aliphatic carbocycles. The SMILES string of the molecule is O=C(Cc1ccc(Cl)cc1)Nc1ccccc1-c1cn2ccsc2n1. The van der Waals surface area contributed by atoms with Crippen molar-refractivity contribution in [3.8, 4) is 11.3 Å². The van der Waals surface area contributed by atoms with Crippen molar-refractivity contribution in [1.82, 2.24) is 9.38 Å². The van der Waals surface area contributed by atoms with E-state index in [-0.39, 0.29) is 5.91 Å². The number of nitrogens with zero attached hydrogens (tertiary/aromatic N) is 2. The Morgan fingerprint density at radius 1 is 1.16 bits per heavy atom. The fourth-order valence-corrected chi connectivity index (χ4v) is 3.48. The third kappa shape index (κ3) is 3.43. The monoisotopic (exact) mass is 367 g/mol. The number of aromatic nitrogens is 2. The zero-order chi connectivity index (χ0) is 17.2. The first-order valence-corrected chi connectivity index (χ1v) is 9.01. The summed E-state index contributed by atoms with van der Waals surface area (Å²) in [6.45, 7) is 0. The lowest BCUT2D eigenvalue weighted by atomic mass is 10.1. The molecule has 2 heterocycles. The van der Waals surface area contributed by atoms with E-state index in [4.69, 9.17) is 11.6 Å². The average Bonchev–Trinajstić information content (AvgIpc) is 3.19. The minimum Gasteiger partial charge on any atom is -0.325 e. The minimum atomic E-state index is -0.0733. The van der Waals surface area contributed by atoms with Crippen LogP contribution in [0.5, 0.6) is 0 Å². The first-order valence-electron chi connectivity index (χ1n) is 7.75. The number of hydrogen-bond acceptors (Lipinski definition) is 3. The van der Waals surface area contributed by atoms with E-state index in [0.29, 0.717) is 11.4 Å². The Labute approximate surface area is 153 Å². The smallest absolute Gasteiger partial charge is 0.228 e. The Bertz CT molecular complexity index is 1010. The standard InChI is InChI=1S/C19H14ClN3OS/c20-14-7-5-13(6-8-14)11-18(24)21-16-4-2-1-3-15(16)17-12-23-9-10-25-19(23)22-17/h1-10,12H,11H2,(H,21,24). The molecule has 1 amide bonds. The Hall–Kier alpha value is -2.63. The molecule has 0 fully saturated rings. The molecular weight excluding hydrogens is 354 g/mol. The van der Waals surface area contributed by atoms with Gasteiger partial charge in [-0.3, -0.25) is 9.20 Å². The predicted octanol–water partition coefficient (Wildman–Crippen LogP) is 4.90. The number of amides is 1. The van der Waals surface area contributed by atoms with Crippen molar-refractivity contribution >= 4 is 39.5 Å². The van der Waals surface area contributed by atoms with Gasteiger partial charge in [0.15, 0.2) is 4.96 Å². The van der Waals surface area contributed by atoms with Gasteiger partial charge in [-0.15, -0.1) is 11.3 Å². The molecule has 6 heteroatoms. The molecule has 4 aromatic rings. The van der Waals surface area contributed by atoms with E-state index in [9.17, 15) is 4.79 Å². The molecule has 0 atom stereocenters. The van der Waals surface area contributed by atoms with Crippen LogP contribution < -0.4 is 5.32 Å². The summed E-state index contributed by atoms with van der Waals surface area (Å²) in [6, 6.07) is 15.0. The first kappa shape index (κ1) is 15.9. The fraction of sp³-hybridized carbons (Fsp3) is 0.0526. The van der Waals surface area contributed by atoms with Gasteiger partial charge in [-0.25, -0.2) is 4.98 Å². The van der Waals surface area contributed by atoms with Crippen LogP contribution >= 0.6 is 22.9 Å². The Morgan fingerprint density at radius 3 is 2.76 bits per heavy atom. The molecule has 0 bridgehead atoms. The van der Waals surface area contributed by atoms with Crippen molar-refractivity contribution < 1.29 is 4.79 Å². The minimum absolute atomic E-state index is 0.0733. The summed E-state index contributed by atoms with van der Waals surface area (Å²) in [7, 11) is 0. The summed E-state index contributed by atoms with van der Waals surface area (Å²) < 4.78 is 1.98. The van der Waals surface area contributed by atoms with Crippen molar-refractivity contribution in [3.63, 3.8) is 0 Å². The zero-order valence-corrected chi connectivity index (χ0v) is 14.7. The molecule has 25 heavy (non-hydrogen) atoms. The van der Waals surface area contributed by atoms with Gasteiger partial charge in [0.05, 0.1) is 17.8 Å². The van der Waals surface area contributed by atoms with Gasteiger partial charge in [0.1, 0.15) is 0 Å². The second kappa shape index (κ2) is 6.70. The summed E-state index contributed by atoms with van der Waals surface area (Å²) in [4.78, 5) is 18.0. The van der Waals surface area contributed by atoms with Crippen LogP contribution in [0.2, 0.25) is 5.02 Å².